The summed E-state index contributed by atoms with van der Waals surface area (Å²) in [6, 6.07) is 9.16. The van der Waals surface area contributed by atoms with Crippen molar-refractivity contribution in [2.24, 2.45) is 0 Å². The van der Waals surface area contributed by atoms with Gasteiger partial charge in [-0.2, -0.15) is 0 Å². The second-order valence-corrected chi connectivity index (χ2v) is 7.20. The number of benzene rings is 1. The molecule has 0 fully saturated rings. The second-order valence-electron chi connectivity index (χ2n) is 6.20. The number of nitrogens with one attached hydrogen (secondary N) is 1. The Morgan fingerprint density at radius 1 is 1.23 bits per heavy atom. The molecule has 1 aromatic heterocycles. The van der Waals surface area contributed by atoms with Crippen LogP contribution in [0.4, 0.5) is 0 Å². The first-order chi connectivity index (χ1) is 12.6. The monoisotopic (exact) mass is 372 g/mol. The Morgan fingerprint density at radius 2 is 2.00 bits per heavy atom. The molecule has 2 heterocycles. The molecule has 0 saturated carbocycles. The first kappa shape index (κ1) is 18.5. The maximum absolute atomic E-state index is 12.7. The molecule has 0 saturated heterocycles. The lowest BCUT2D eigenvalue weighted by molar-refractivity contribution is -0.133. The quantitative estimate of drug-likeness (QED) is 0.845. The summed E-state index contributed by atoms with van der Waals surface area (Å²) in [5, 5.41) is 4.83. The van der Waals surface area contributed by atoms with Gasteiger partial charge in [-0.15, -0.1) is 11.3 Å². The van der Waals surface area contributed by atoms with Crippen LogP contribution in [0.1, 0.15) is 47.1 Å². The number of hydrogen-bond donors (Lipinski definition) is 1. The van der Waals surface area contributed by atoms with Crippen LogP contribution in [0.5, 0.6) is 5.75 Å². The maximum Gasteiger partial charge on any atom is 0.251 e. The summed E-state index contributed by atoms with van der Waals surface area (Å²) in [6.07, 6.45) is 1.77. The molecule has 2 amide bonds. The van der Waals surface area contributed by atoms with Gasteiger partial charge in [-0.05, 0) is 61.0 Å². The lowest BCUT2D eigenvalue weighted by atomic mass is 9.98. The molecular formula is C20H24N2O3S. The molecule has 26 heavy (non-hydrogen) atoms. The Bertz CT molecular complexity index is 770. The first-order valence-electron chi connectivity index (χ1n) is 9.00. The van der Waals surface area contributed by atoms with Gasteiger partial charge in [0.05, 0.1) is 19.2 Å². The molecule has 0 unspecified atom stereocenters. The molecule has 6 heteroatoms. The van der Waals surface area contributed by atoms with E-state index in [2.05, 4.69) is 23.7 Å². The molecule has 1 N–H and O–H groups in total. The highest BCUT2D eigenvalue weighted by Crippen LogP contribution is 2.35. The lowest BCUT2D eigenvalue weighted by Crippen LogP contribution is -2.44. The Hall–Kier alpha value is -2.34. The van der Waals surface area contributed by atoms with Gasteiger partial charge in [0.25, 0.3) is 5.91 Å². The van der Waals surface area contributed by atoms with E-state index >= 15 is 0 Å². The number of rotatable bonds is 6. The standard InChI is InChI=1S/C20H24N2O3S/c1-3-17-16-10-12-26-18(16)9-11-22(17)19(23)13-21-20(24)14-5-7-15(8-6-14)25-4-2/h5-8,10,12,17H,3-4,9,11,13H2,1-2H3,(H,21,24)/t17-/m0/s1. The average Bonchev–Trinajstić information content (AvgIpc) is 3.14. The molecule has 1 atom stereocenters. The number of fused-ring (bicyclic) bond motifs is 1. The molecule has 2 aromatic rings. The average molecular weight is 372 g/mol. The van der Waals surface area contributed by atoms with Crippen LogP contribution in [0, 0.1) is 0 Å². The molecular weight excluding hydrogens is 348 g/mol. The van der Waals surface area contributed by atoms with Gasteiger partial charge in [0.1, 0.15) is 5.75 Å². The molecule has 0 aliphatic carbocycles. The molecule has 1 aliphatic heterocycles. The summed E-state index contributed by atoms with van der Waals surface area (Å²) < 4.78 is 5.37. The van der Waals surface area contributed by atoms with E-state index in [1.807, 2.05) is 11.8 Å². The van der Waals surface area contributed by atoms with E-state index in [-0.39, 0.29) is 24.4 Å². The van der Waals surface area contributed by atoms with Crippen LogP contribution < -0.4 is 10.1 Å². The predicted molar refractivity (Wildman–Crippen MR) is 103 cm³/mol. The van der Waals surface area contributed by atoms with Crippen LogP contribution in [0.3, 0.4) is 0 Å². The third kappa shape index (κ3) is 3.90. The molecule has 5 nitrogen and oxygen atoms in total. The Balaban J connectivity index is 1.59. The van der Waals surface area contributed by atoms with Gasteiger partial charge >= 0.3 is 0 Å². The smallest absolute Gasteiger partial charge is 0.251 e. The molecule has 1 aliphatic rings. The molecule has 0 spiro atoms. The van der Waals surface area contributed by atoms with Gasteiger partial charge in [-0.1, -0.05) is 6.92 Å². The van der Waals surface area contributed by atoms with Gasteiger partial charge in [0.15, 0.2) is 0 Å². The van der Waals surface area contributed by atoms with Crippen molar-refractivity contribution < 1.29 is 14.3 Å². The van der Waals surface area contributed by atoms with Crippen LogP contribution in [-0.2, 0) is 11.2 Å². The number of carbonyl (C=O) groups is 2. The number of amides is 2. The van der Waals surface area contributed by atoms with Crippen molar-refractivity contribution in [3.63, 3.8) is 0 Å². The molecule has 0 radical (unpaired) electrons. The zero-order valence-electron chi connectivity index (χ0n) is 15.2. The molecule has 1 aromatic carbocycles. The van der Waals surface area contributed by atoms with E-state index in [0.717, 1.165) is 18.6 Å². The largest absolute Gasteiger partial charge is 0.494 e. The minimum atomic E-state index is -0.248. The highest BCUT2D eigenvalue weighted by Gasteiger charge is 2.30. The highest BCUT2D eigenvalue weighted by atomic mass is 32.1. The third-order valence-corrected chi connectivity index (χ3v) is 5.63. The van der Waals surface area contributed by atoms with Crippen molar-refractivity contribution in [2.45, 2.75) is 32.7 Å². The van der Waals surface area contributed by atoms with Crippen molar-refractivity contribution in [3.05, 3.63) is 51.7 Å². The van der Waals surface area contributed by atoms with E-state index in [4.69, 9.17) is 4.74 Å². The topological polar surface area (TPSA) is 58.6 Å². The van der Waals surface area contributed by atoms with Gasteiger partial charge in [-0.3, -0.25) is 9.59 Å². The Kier molecular flexibility index (Phi) is 5.93. The van der Waals surface area contributed by atoms with Gasteiger partial charge in [0.2, 0.25) is 5.91 Å². The molecule has 0 bridgehead atoms. The second kappa shape index (κ2) is 8.36. The van der Waals surface area contributed by atoms with Crippen molar-refractivity contribution in [1.82, 2.24) is 10.2 Å². The van der Waals surface area contributed by atoms with E-state index in [1.54, 1.807) is 35.6 Å². The Labute approximate surface area is 158 Å². The van der Waals surface area contributed by atoms with Crippen LogP contribution in [0.15, 0.2) is 35.7 Å². The van der Waals surface area contributed by atoms with Crippen molar-refractivity contribution in [2.75, 3.05) is 19.7 Å². The summed E-state index contributed by atoms with van der Waals surface area (Å²) in [4.78, 5) is 28.2. The molecule has 3 rings (SSSR count). The fourth-order valence-corrected chi connectivity index (χ4v) is 4.29. The maximum atomic E-state index is 12.7. The van der Waals surface area contributed by atoms with Crippen LogP contribution in [-0.4, -0.2) is 36.4 Å². The minimum absolute atomic E-state index is 0.0159. The van der Waals surface area contributed by atoms with Crippen molar-refractivity contribution in [1.29, 1.82) is 0 Å². The fraction of sp³-hybridized carbons (Fsp3) is 0.400. The third-order valence-electron chi connectivity index (χ3n) is 4.63. The normalized spacial score (nSPS) is 16.1. The summed E-state index contributed by atoms with van der Waals surface area (Å²) in [6.45, 7) is 5.32. The van der Waals surface area contributed by atoms with E-state index < -0.39 is 0 Å². The Morgan fingerprint density at radius 3 is 2.69 bits per heavy atom. The number of thiophene rings is 1. The zero-order chi connectivity index (χ0) is 18.5. The summed E-state index contributed by atoms with van der Waals surface area (Å²) >= 11 is 1.76. The van der Waals surface area contributed by atoms with E-state index in [0.29, 0.717) is 18.7 Å². The van der Waals surface area contributed by atoms with Gasteiger partial charge < -0.3 is 15.0 Å². The highest BCUT2D eigenvalue weighted by molar-refractivity contribution is 7.10. The number of ether oxygens (including phenoxy) is 1. The SMILES string of the molecule is CCOc1ccc(C(=O)NCC(=O)N2CCc3sccc3[C@@H]2CC)cc1. The molecule has 138 valence electrons. The fourth-order valence-electron chi connectivity index (χ4n) is 3.36. The van der Waals surface area contributed by atoms with Gasteiger partial charge in [-0.25, -0.2) is 0 Å². The first-order valence-corrected chi connectivity index (χ1v) is 9.88. The van der Waals surface area contributed by atoms with Crippen LogP contribution in [0.25, 0.3) is 0 Å². The number of carbonyl (C=O) groups excluding carboxylic acids is 2. The van der Waals surface area contributed by atoms with Crippen LogP contribution >= 0.6 is 11.3 Å². The van der Waals surface area contributed by atoms with Crippen molar-refractivity contribution in [3.8, 4) is 5.75 Å². The summed E-state index contributed by atoms with van der Waals surface area (Å²) in [7, 11) is 0. The number of hydrogen-bond acceptors (Lipinski definition) is 4. The van der Waals surface area contributed by atoms with Crippen LogP contribution in [0.2, 0.25) is 0 Å². The summed E-state index contributed by atoms with van der Waals surface area (Å²) in [5.74, 6) is 0.446. The zero-order valence-corrected chi connectivity index (χ0v) is 16.0. The lowest BCUT2D eigenvalue weighted by Gasteiger charge is -2.35. The van der Waals surface area contributed by atoms with E-state index in [1.165, 1.54) is 10.4 Å². The predicted octanol–water partition coefficient (Wildman–Crippen LogP) is 3.41. The van der Waals surface area contributed by atoms with E-state index in [9.17, 15) is 9.59 Å². The van der Waals surface area contributed by atoms with Crippen molar-refractivity contribution >= 4 is 23.2 Å². The minimum Gasteiger partial charge on any atom is -0.494 e. The number of nitrogens with zero attached hydrogens (tertiary/aromatic N) is 1. The van der Waals surface area contributed by atoms with Gasteiger partial charge in [0, 0.05) is 17.0 Å². The summed E-state index contributed by atoms with van der Waals surface area (Å²) in [5.41, 5.74) is 1.78.